The van der Waals surface area contributed by atoms with Gasteiger partial charge in [0.2, 0.25) is 0 Å². The van der Waals surface area contributed by atoms with Crippen molar-refractivity contribution in [1.29, 1.82) is 0 Å². The van der Waals surface area contributed by atoms with E-state index >= 15 is 0 Å². The molecule has 0 aromatic heterocycles. The van der Waals surface area contributed by atoms with Crippen LogP contribution in [0.4, 0.5) is 4.39 Å². The molecule has 0 saturated carbocycles. The van der Waals surface area contributed by atoms with Gasteiger partial charge in [0.25, 0.3) is 0 Å². The van der Waals surface area contributed by atoms with Crippen LogP contribution in [-0.2, 0) is 6.42 Å². The Kier molecular flexibility index (Phi) is 4.19. The summed E-state index contributed by atoms with van der Waals surface area (Å²) in [7, 11) is 0. The average molecular weight is 254 g/mol. The van der Waals surface area contributed by atoms with Gasteiger partial charge in [0, 0.05) is 6.04 Å². The van der Waals surface area contributed by atoms with Crippen LogP contribution in [0.5, 0.6) is 0 Å². The topological polar surface area (TPSA) is 26.0 Å². The molecule has 92 valence electrons. The molecule has 0 aliphatic heterocycles. The van der Waals surface area contributed by atoms with Gasteiger partial charge in [-0.2, -0.15) is 0 Å². The third-order valence-corrected chi connectivity index (χ3v) is 3.44. The van der Waals surface area contributed by atoms with Gasteiger partial charge in [-0.1, -0.05) is 35.7 Å². The number of allylic oxidation sites excluding steroid dienone is 1. The lowest BCUT2D eigenvalue weighted by Gasteiger charge is -2.07. The van der Waals surface area contributed by atoms with Crippen LogP contribution in [0.25, 0.3) is 0 Å². The smallest absolute Gasteiger partial charge is 0.141 e. The predicted molar refractivity (Wildman–Crippen MR) is 69.6 cm³/mol. The van der Waals surface area contributed by atoms with Gasteiger partial charge in [-0.3, -0.25) is 0 Å². The van der Waals surface area contributed by atoms with Gasteiger partial charge in [0.1, 0.15) is 5.82 Å². The molecule has 3 heteroatoms. The van der Waals surface area contributed by atoms with E-state index in [1.807, 2.05) is 0 Å². The molecule has 0 fully saturated rings. The summed E-state index contributed by atoms with van der Waals surface area (Å²) in [4.78, 5) is 0. The Morgan fingerprint density at radius 3 is 2.94 bits per heavy atom. The fraction of sp³-hybridized carbons (Fsp3) is 0.429. The Hall–Kier alpha value is -0.860. The highest BCUT2D eigenvalue weighted by atomic mass is 35.5. The summed E-state index contributed by atoms with van der Waals surface area (Å²) in [6, 6.07) is 5.09. The Morgan fingerprint density at radius 2 is 2.18 bits per heavy atom. The molecule has 17 heavy (non-hydrogen) atoms. The minimum Gasteiger partial charge on any atom is -0.324 e. The highest BCUT2D eigenvalue weighted by molar-refractivity contribution is 6.30. The average Bonchev–Trinajstić information content (AvgIpc) is 2.48. The number of rotatable bonds is 2. The van der Waals surface area contributed by atoms with Crippen LogP contribution in [-0.4, -0.2) is 6.04 Å². The quantitative estimate of drug-likeness (QED) is 0.796. The second kappa shape index (κ2) is 5.65. The molecule has 0 bridgehead atoms. The molecule has 1 aliphatic carbocycles. The fourth-order valence-electron chi connectivity index (χ4n) is 2.26. The second-order valence-corrected chi connectivity index (χ2v) is 5.07. The zero-order valence-electron chi connectivity index (χ0n) is 9.76. The maximum absolute atomic E-state index is 13.0. The third kappa shape index (κ3) is 3.55. The van der Waals surface area contributed by atoms with Crippen molar-refractivity contribution in [3.05, 3.63) is 46.3 Å². The predicted octanol–water partition coefficient (Wildman–Crippen LogP) is 3.85. The molecule has 0 saturated heterocycles. The molecule has 2 N–H and O–H groups in total. The lowest BCUT2D eigenvalue weighted by atomic mass is 10.0. The SMILES string of the molecule is NC1C=C(Cc2ccc(F)c(Cl)c2)CCCC1. The van der Waals surface area contributed by atoms with Crippen molar-refractivity contribution < 1.29 is 4.39 Å². The van der Waals surface area contributed by atoms with Crippen molar-refractivity contribution >= 4 is 11.6 Å². The molecule has 0 heterocycles. The number of hydrogen-bond donors (Lipinski definition) is 1. The standard InChI is InChI=1S/C14H17ClFN/c15-13-9-11(5-6-14(13)16)7-10-3-1-2-4-12(17)8-10/h5-6,8-9,12H,1-4,7,17H2. The van der Waals surface area contributed by atoms with Crippen LogP contribution >= 0.6 is 11.6 Å². The molecule has 1 unspecified atom stereocenters. The summed E-state index contributed by atoms with van der Waals surface area (Å²) in [6.07, 6.45) is 7.51. The molecule has 1 aliphatic rings. The van der Waals surface area contributed by atoms with Crippen LogP contribution in [0.15, 0.2) is 29.8 Å². The summed E-state index contributed by atoms with van der Waals surface area (Å²) in [6.45, 7) is 0. The molecule has 1 aromatic carbocycles. The zero-order chi connectivity index (χ0) is 12.3. The summed E-state index contributed by atoms with van der Waals surface area (Å²) in [5.41, 5.74) is 8.37. The van der Waals surface area contributed by atoms with Gasteiger partial charge in [-0.25, -0.2) is 4.39 Å². The number of halogens is 2. The summed E-state index contributed by atoms with van der Waals surface area (Å²) in [5, 5.41) is 0.195. The largest absolute Gasteiger partial charge is 0.324 e. The van der Waals surface area contributed by atoms with E-state index in [0.29, 0.717) is 0 Å². The lowest BCUT2D eigenvalue weighted by Crippen LogP contribution is -2.16. The van der Waals surface area contributed by atoms with E-state index in [0.717, 1.165) is 24.8 Å². The van der Waals surface area contributed by atoms with Crippen molar-refractivity contribution in [2.24, 2.45) is 5.73 Å². The third-order valence-electron chi connectivity index (χ3n) is 3.15. The van der Waals surface area contributed by atoms with Gasteiger partial charge in [-0.05, 0) is 43.4 Å². The summed E-state index contributed by atoms with van der Waals surface area (Å²) >= 11 is 5.77. The molecule has 1 atom stereocenters. The Morgan fingerprint density at radius 1 is 1.35 bits per heavy atom. The highest BCUT2D eigenvalue weighted by Crippen LogP contribution is 2.23. The fourth-order valence-corrected chi connectivity index (χ4v) is 2.46. The first-order valence-corrected chi connectivity index (χ1v) is 6.42. The summed E-state index contributed by atoms with van der Waals surface area (Å²) in [5.74, 6) is -0.359. The lowest BCUT2D eigenvalue weighted by molar-refractivity contribution is 0.627. The molecule has 1 aromatic rings. The Labute approximate surface area is 106 Å². The Balaban J connectivity index is 2.11. The molecule has 0 amide bonds. The first-order chi connectivity index (χ1) is 8.15. The maximum atomic E-state index is 13.0. The van der Waals surface area contributed by atoms with Crippen LogP contribution in [0.3, 0.4) is 0 Å². The molecular formula is C14H17ClFN. The van der Waals surface area contributed by atoms with E-state index in [4.69, 9.17) is 17.3 Å². The minimum absolute atomic E-state index is 0.170. The van der Waals surface area contributed by atoms with Crippen molar-refractivity contribution in [3.63, 3.8) is 0 Å². The van der Waals surface area contributed by atoms with E-state index in [1.165, 1.54) is 24.5 Å². The van der Waals surface area contributed by atoms with Crippen molar-refractivity contribution in [3.8, 4) is 0 Å². The first-order valence-electron chi connectivity index (χ1n) is 6.04. The molecule has 1 nitrogen and oxygen atoms in total. The Bertz CT molecular complexity index is 428. The van der Waals surface area contributed by atoms with Gasteiger partial charge < -0.3 is 5.73 Å². The molecular weight excluding hydrogens is 237 g/mol. The monoisotopic (exact) mass is 253 g/mol. The van der Waals surface area contributed by atoms with E-state index in [1.54, 1.807) is 12.1 Å². The molecule has 0 spiro atoms. The van der Waals surface area contributed by atoms with E-state index in [2.05, 4.69) is 6.08 Å². The van der Waals surface area contributed by atoms with Crippen LogP contribution in [0, 0.1) is 5.82 Å². The van der Waals surface area contributed by atoms with E-state index in [-0.39, 0.29) is 16.9 Å². The summed E-state index contributed by atoms with van der Waals surface area (Å²) < 4.78 is 13.0. The van der Waals surface area contributed by atoms with Crippen LogP contribution in [0.1, 0.15) is 31.2 Å². The van der Waals surface area contributed by atoms with Crippen molar-refractivity contribution in [2.45, 2.75) is 38.1 Å². The van der Waals surface area contributed by atoms with Gasteiger partial charge >= 0.3 is 0 Å². The zero-order valence-corrected chi connectivity index (χ0v) is 10.5. The van der Waals surface area contributed by atoms with Crippen molar-refractivity contribution in [2.75, 3.05) is 0 Å². The van der Waals surface area contributed by atoms with E-state index < -0.39 is 0 Å². The second-order valence-electron chi connectivity index (χ2n) is 4.66. The molecule has 0 radical (unpaired) electrons. The molecule has 2 rings (SSSR count). The van der Waals surface area contributed by atoms with E-state index in [9.17, 15) is 4.39 Å². The number of nitrogens with two attached hydrogens (primary N) is 1. The number of hydrogen-bond acceptors (Lipinski definition) is 1. The van der Waals surface area contributed by atoms with Crippen molar-refractivity contribution in [1.82, 2.24) is 0 Å². The number of benzene rings is 1. The normalized spacial score (nSPS) is 20.9. The van der Waals surface area contributed by atoms with Gasteiger partial charge in [0.05, 0.1) is 5.02 Å². The maximum Gasteiger partial charge on any atom is 0.141 e. The van der Waals surface area contributed by atoms with Crippen LogP contribution in [0.2, 0.25) is 5.02 Å². The van der Waals surface area contributed by atoms with Crippen LogP contribution < -0.4 is 5.73 Å². The highest BCUT2D eigenvalue weighted by Gasteiger charge is 2.09. The first kappa shape index (κ1) is 12.6. The van der Waals surface area contributed by atoms with Gasteiger partial charge in [-0.15, -0.1) is 0 Å². The van der Waals surface area contributed by atoms with Gasteiger partial charge in [0.15, 0.2) is 0 Å². The minimum atomic E-state index is -0.359.